The van der Waals surface area contributed by atoms with Crippen LogP contribution in [0.2, 0.25) is 0 Å². The molecule has 0 atom stereocenters. The molecule has 84 valence electrons. The SMILES string of the molecule is COc1cc(Br)ccc1OCCC(C)C. The Hall–Kier alpha value is -0.700. The highest BCUT2D eigenvalue weighted by atomic mass is 79.9. The van der Waals surface area contributed by atoms with Crippen molar-refractivity contribution in [3.63, 3.8) is 0 Å². The van der Waals surface area contributed by atoms with Gasteiger partial charge in [-0.15, -0.1) is 0 Å². The number of methoxy groups -OCH3 is 1. The Balaban J connectivity index is 2.60. The Morgan fingerprint density at radius 1 is 1.27 bits per heavy atom. The molecule has 0 aromatic heterocycles. The van der Waals surface area contributed by atoms with Crippen molar-refractivity contribution in [3.05, 3.63) is 22.7 Å². The lowest BCUT2D eigenvalue weighted by molar-refractivity contribution is 0.273. The molecular weight excluding hydrogens is 256 g/mol. The minimum atomic E-state index is 0.659. The van der Waals surface area contributed by atoms with Crippen LogP contribution in [0.3, 0.4) is 0 Å². The summed E-state index contributed by atoms with van der Waals surface area (Å²) in [4.78, 5) is 0. The van der Waals surface area contributed by atoms with Crippen LogP contribution in [0.4, 0.5) is 0 Å². The molecule has 0 spiro atoms. The molecule has 1 rings (SSSR count). The molecule has 0 unspecified atom stereocenters. The summed E-state index contributed by atoms with van der Waals surface area (Å²) in [5, 5.41) is 0. The monoisotopic (exact) mass is 272 g/mol. The maximum absolute atomic E-state index is 5.65. The summed E-state index contributed by atoms with van der Waals surface area (Å²) in [5.41, 5.74) is 0. The third-order valence-electron chi connectivity index (χ3n) is 2.08. The lowest BCUT2D eigenvalue weighted by Crippen LogP contribution is -2.02. The van der Waals surface area contributed by atoms with E-state index in [0.29, 0.717) is 5.92 Å². The molecule has 1 aromatic carbocycles. The predicted molar refractivity (Wildman–Crippen MR) is 65.6 cm³/mol. The third-order valence-corrected chi connectivity index (χ3v) is 2.57. The summed E-state index contributed by atoms with van der Waals surface area (Å²) in [6.45, 7) is 5.10. The predicted octanol–water partition coefficient (Wildman–Crippen LogP) is 3.88. The zero-order chi connectivity index (χ0) is 11.3. The number of halogens is 1. The van der Waals surface area contributed by atoms with E-state index in [4.69, 9.17) is 9.47 Å². The van der Waals surface area contributed by atoms with Crippen LogP contribution in [0.5, 0.6) is 11.5 Å². The summed E-state index contributed by atoms with van der Waals surface area (Å²) in [6.07, 6.45) is 1.05. The van der Waals surface area contributed by atoms with Crippen LogP contribution in [0.1, 0.15) is 20.3 Å². The second kappa shape index (κ2) is 6.01. The van der Waals surface area contributed by atoms with Gasteiger partial charge in [0, 0.05) is 4.47 Å². The number of hydrogen-bond acceptors (Lipinski definition) is 2. The molecule has 3 heteroatoms. The van der Waals surface area contributed by atoms with E-state index >= 15 is 0 Å². The fraction of sp³-hybridized carbons (Fsp3) is 0.500. The first-order chi connectivity index (χ1) is 7.13. The van der Waals surface area contributed by atoms with Crippen molar-refractivity contribution in [2.45, 2.75) is 20.3 Å². The van der Waals surface area contributed by atoms with Gasteiger partial charge in [-0.3, -0.25) is 0 Å². The van der Waals surface area contributed by atoms with Gasteiger partial charge in [-0.05, 0) is 30.5 Å². The van der Waals surface area contributed by atoms with Gasteiger partial charge >= 0.3 is 0 Å². The molecule has 15 heavy (non-hydrogen) atoms. The summed E-state index contributed by atoms with van der Waals surface area (Å²) in [7, 11) is 1.65. The number of benzene rings is 1. The first kappa shape index (κ1) is 12.4. The molecule has 1 aromatic rings. The Labute approximate surface area is 99.7 Å². The van der Waals surface area contributed by atoms with E-state index in [1.807, 2.05) is 18.2 Å². The van der Waals surface area contributed by atoms with Crippen molar-refractivity contribution in [1.29, 1.82) is 0 Å². The van der Waals surface area contributed by atoms with Gasteiger partial charge in [0.1, 0.15) is 0 Å². The number of hydrogen-bond donors (Lipinski definition) is 0. The largest absolute Gasteiger partial charge is 0.493 e. The Kier molecular flexibility index (Phi) is 4.95. The smallest absolute Gasteiger partial charge is 0.161 e. The summed E-state index contributed by atoms with van der Waals surface area (Å²) < 4.78 is 11.9. The highest BCUT2D eigenvalue weighted by Gasteiger charge is 2.04. The molecular formula is C12H17BrO2. The fourth-order valence-electron chi connectivity index (χ4n) is 1.17. The average Bonchev–Trinajstić information content (AvgIpc) is 2.19. The molecule has 2 nitrogen and oxygen atoms in total. The molecule has 0 heterocycles. The van der Waals surface area contributed by atoms with E-state index < -0.39 is 0 Å². The molecule has 0 aliphatic rings. The molecule has 0 fully saturated rings. The lowest BCUT2D eigenvalue weighted by Gasteiger charge is -2.11. The van der Waals surface area contributed by atoms with Gasteiger partial charge in [0.15, 0.2) is 11.5 Å². The van der Waals surface area contributed by atoms with Gasteiger partial charge in [0.05, 0.1) is 13.7 Å². The Bertz CT molecular complexity index is 310. The van der Waals surface area contributed by atoms with Crippen molar-refractivity contribution in [2.75, 3.05) is 13.7 Å². The van der Waals surface area contributed by atoms with Gasteiger partial charge in [-0.2, -0.15) is 0 Å². The minimum Gasteiger partial charge on any atom is -0.493 e. The molecule has 0 saturated carbocycles. The summed E-state index contributed by atoms with van der Waals surface area (Å²) in [5.74, 6) is 2.24. The second-order valence-corrected chi connectivity index (χ2v) is 4.74. The van der Waals surface area contributed by atoms with E-state index in [0.717, 1.165) is 29.0 Å². The summed E-state index contributed by atoms with van der Waals surface area (Å²) in [6, 6.07) is 5.78. The zero-order valence-electron chi connectivity index (χ0n) is 9.42. The highest BCUT2D eigenvalue weighted by molar-refractivity contribution is 9.10. The van der Waals surface area contributed by atoms with E-state index in [-0.39, 0.29) is 0 Å². The van der Waals surface area contributed by atoms with Crippen LogP contribution in [0, 0.1) is 5.92 Å². The van der Waals surface area contributed by atoms with Gasteiger partial charge < -0.3 is 9.47 Å². The first-order valence-corrected chi connectivity index (χ1v) is 5.89. The standard InChI is InChI=1S/C12H17BrO2/c1-9(2)6-7-15-11-5-4-10(13)8-12(11)14-3/h4-5,8-9H,6-7H2,1-3H3. The van der Waals surface area contributed by atoms with Gasteiger partial charge in [0.2, 0.25) is 0 Å². The highest BCUT2D eigenvalue weighted by Crippen LogP contribution is 2.30. The first-order valence-electron chi connectivity index (χ1n) is 5.10. The van der Waals surface area contributed by atoms with Crippen molar-refractivity contribution in [1.82, 2.24) is 0 Å². The molecule has 0 saturated heterocycles. The van der Waals surface area contributed by atoms with E-state index in [1.54, 1.807) is 7.11 Å². The number of rotatable bonds is 5. The lowest BCUT2D eigenvalue weighted by atomic mass is 10.1. The van der Waals surface area contributed by atoms with Gasteiger partial charge in [0.25, 0.3) is 0 Å². The Morgan fingerprint density at radius 2 is 2.00 bits per heavy atom. The maximum Gasteiger partial charge on any atom is 0.161 e. The van der Waals surface area contributed by atoms with Crippen LogP contribution in [0.25, 0.3) is 0 Å². The van der Waals surface area contributed by atoms with Crippen LogP contribution in [0.15, 0.2) is 22.7 Å². The molecule has 0 radical (unpaired) electrons. The third kappa shape index (κ3) is 4.12. The maximum atomic E-state index is 5.65. The normalized spacial score (nSPS) is 10.5. The molecule has 0 N–H and O–H groups in total. The van der Waals surface area contributed by atoms with E-state index in [9.17, 15) is 0 Å². The van der Waals surface area contributed by atoms with Crippen LogP contribution < -0.4 is 9.47 Å². The van der Waals surface area contributed by atoms with E-state index in [2.05, 4.69) is 29.8 Å². The van der Waals surface area contributed by atoms with Crippen LogP contribution >= 0.6 is 15.9 Å². The van der Waals surface area contributed by atoms with Gasteiger partial charge in [-0.1, -0.05) is 29.8 Å². The molecule has 0 amide bonds. The molecule has 0 aliphatic carbocycles. The average molecular weight is 273 g/mol. The van der Waals surface area contributed by atoms with Crippen LogP contribution in [-0.2, 0) is 0 Å². The van der Waals surface area contributed by atoms with Gasteiger partial charge in [-0.25, -0.2) is 0 Å². The van der Waals surface area contributed by atoms with Crippen LogP contribution in [-0.4, -0.2) is 13.7 Å². The fourth-order valence-corrected chi connectivity index (χ4v) is 1.51. The molecule has 0 bridgehead atoms. The minimum absolute atomic E-state index is 0.659. The van der Waals surface area contributed by atoms with Crippen molar-refractivity contribution in [3.8, 4) is 11.5 Å². The Morgan fingerprint density at radius 3 is 2.60 bits per heavy atom. The zero-order valence-corrected chi connectivity index (χ0v) is 11.0. The summed E-state index contributed by atoms with van der Waals surface area (Å²) >= 11 is 3.39. The molecule has 0 aliphatic heterocycles. The number of ether oxygens (including phenoxy) is 2. The van der Waals surface area contributed by atoms with Crippen molar-refractivity contribution in [2.24, 2.45) is 5.92 Å². The van der Waals surface area contributed by atoms with E-state index in [1.165, 1.54) is 0 Å². The second-order valence-electron chi connectivity index (χ2n) is 3.83. The van der Waals surface area contributed by atoms with Crippen molar-refractivity contribution >= 4 is 15.9 Å². The topological polar surface area (TPSA) is 18.5 Å². The quantitative estimate of drug-likeness (QED) is 0.810. The van der Waals surface area contributed by atoms with Crippen molar-refractivity contribution < 1.29 is 9.47 Å².